The van der Waals surface area contributed by atoms with E-state index in [1.807, 2.05) is 0 Å². The Balaban J connectivity index is 2.28. The lowest BCUT2D eigenvalue weighted by atomic mass is 10.2. The van der Waals surface area contributed by atoms with Gasteiger partial charge in [0.1, 0.15) is 5.69 Å². The monoisotopic (exact) mass is 324 g/mol. The fraction of sp³-hybridized carbons (Fsp3) is 0.0714. The first-order valence-corrected chi connectivity index (χ1v) is 6.60. The number of nitrogens with zero attached hydrogens (tertiary/aromatic N) is 1. The van der Waals surface area contributed by atoms with Gasteiger partial charge in [0.05, 0.1) is 10.7 Å². The molecule has 5 nitrogen and oxygen atoms in total. The quantitative estimate of drug-likeness (QED) is 0.903. The Morgan fingerprint density at radius 2 is 1.90 bits per heavy atom. The van der Waals surface area contributed by atoms with Crippen molar-refractivity contribution >= 4 is 40.8 Å². The number of hydrogen-bond acceptors (Lipinski definition) is 3. The Labute approximate surface area is 130 Å². The molecule has 0 saturated heterocycles. The van der Waals surface area contributed by atoms with Gasteiger partial charge in [-0.2, -0.15) is 0 Å². The molecule has 21 heavy (non-hydrogen) atoms. The van der Waals surface area contributed by atoms with Gasteiger partial charge < -0.3 is 10.4 Å². The zero-order chi connectivity index (χ0) is 15.6. The van der Waals surface area contributed by atoms with E-state index < -0.39 is 11.9 Å². The van der Waals surface area contributed by atoms with Crippen LogP contribution in [0.3, 0.4) is 0 Å². The molecule has 1 heterocycles. The number of benzene rings is 1. The normalized spacial score (nSPS) is 10.2. The number of rotatable bonds is 3. The number of hydrogen-bond donors (Lipinski definition) is 2. The van der Waals surface area contributed by atoms with Crippen molar-refractivity contribution in [1.82, 2.24) is 4.98 Å². The maximum absolute atomic E-state index is 12.1. The summed E-state index contributed by atoms with van der Waals surface area (Å²) >= 11 is 12.0. The van der Waals surface area contributed by atoms with E-state index in [0.29, 0.717) is 15.7 Å². The Bertz CT molecular complexity index is 732. The smallest absolute Gasteiger partial charge is 0.354 e. The first kappa shape index (κ1) is 15.3. The molecule has 0 aliphatic carbocycles. The molecule has 0 radical (unpaired) electrons. The topological polar surface area (TPSA) is 79.3 Å². The average Bonchev–Trinajstić information content (AvgIpc) is 2.44. The van der Waals surface area contributed by atoms with E-state index in [9.17, 15) is 9.59 Å². The van der Waals surface area contributed by atoms with Gasteiger partial charge in [0.25, 0.3) is 5.91 Å². The minimum Gasteiger partial charge on any atom is -0.477 e. The molecule has 0 aliphatic heterocycles. The van der Waals surface area contributed by atoms with Crippen molar-refractivity contribution in [1.29, 1.82) is 0 Å². The van der Waals surface area contributed by atoms with Crippen LogP contribution in [-0.4, -0.2) is 22.0 Å². The van der Waals surface area contributed by atoms with Gasteiger partial charge in [-0.05, 0) is 36.8 Å². The van der Waals surface area contributed by atoms with Gasteiger partial charge in [-0.1, -0.05) is 23.2 Å². The number of carboxylic acid groups (broad SMARTS) is 1. The fourth-order valence-corrected chi connectivity index (χ4v) is 2.05. The third-order valence-electron chi connectivity index (χ3n) is 2.74. The van der Waals surface area contributed by atoms with Crippen LogP contribution < -0.4 is 5.32 Å². The highest BCUT2D eigenvalue weighted by molar-refractivity contribution is 6.36. The summed E-state index contributed by atoms with van der Waals surface area (Å²) in [6, 6.07) is 5.76. The third kappa shape index (κ3) is 3.51. The Morgan fingerprint density at radius 3 is 2.57 bits per heavy atom. The minimum absolute atomic E-state index is 0.162. The van der Waals surface area contributed by atoms with Crippen molar-refractivity contribution in [3.63, 3.8) is 0 Å². The summed E-state index contributed by atoms with van der Waals surface area (Å²) in [6.07, 6.45) is 1.25. The molecule has 0 bridgehead atoms. The summed E-state index contributed by atoms with van der Waals surface area (Å²) in [7, 11) is 0. The number of aryl methyl sites for hydroxylation is 1. The van der Waals surface area contributed by atoms with Crippen LogP contribution in [0.25, 0.3) is 0 Å². The van der Waals surface area contributed by atoms with Gasteiger partial charge in [-0.15, -0.1) is 0 Å². The zero-order valence-corrected chi connectivity index (χ0v) is 12.4. The number of carbonyl (C=O) groups excluding carboxylic acids is 1. The number of carbonyl (C=O) groups is 2. The highest BCUT2D eigenvalue weighted by Gasteiger charge is 2.13. The number of aromatic nitrogens is 1. The summed E-state index contributed by atoms with van der Waals surface area (Å²) in [4.78, 5) is 26.6. The molecule has 1 aromatic carbocycles. The maximum Gasteiger partial charge on any atom is 0.354 e. The lowest BCUT2D eigenvalue weighted by Crippen LogP contribution is -2.14. The van der Waals surface area contributed by atoms with E-state index in [1.54, 1.807) is 13.0 Å². The molecular weight excluding hydrogens is 315 g/mol. The van der Waals surface area contributed by atoms with Crippen LogP contribution in [0.1, 0.15) is 26.4 Å². The average molecular weight is 325 g/mol. The van der Waals surface area contributed by atoms with Crippen LogP contribution in [0.15, 0.2) is 30.5 Å². The second-order valence-electron chi connectivity index (χ2n) is 4.27. The van der Waals surface area contributed by atoms with E-state index in [0.717, 1.165) is 5.56 Å². The van der Waals surface area contributed by atoms with Crippen LogP contribution in [0.4, 0.5) is 5.69 Å². The summed E-state index contributed by atoms with van der Waals surface area (Å²) in [5, 5.41) is 12.3. The predicted molar refractivity (Wildman–Crippen MR) is 80.3 cm³/mol. The standard InChI is InChI=1S/C14H10Cl2N2O3/c1-7-4-10(16)11(6-9(7)15)18-13(19)8-2-3-17-12(5-8)14(20)21/h2-6H,1H3,(H,18,19)(H,20,21). The second-order valence-corrected chi connectivity index (χ2v) is 5.08. The highest BCUT2D eigenvalue weighted by atomic mass is 35.5. The van der Waals surface area contributed by atoms with Gasteiger partial charge in [0, 0.05) is 16.8 Å². The van der Waals surface area contributed by atoms with Gasteiger partial charge in [-0.25, -0.2) is 9.78 Å². The van der Waals surface area contributed by atoms with E-state index in [-0.39, 0.29) is 11.3 Å². The van der Waals surface area contributed by atoms with E-state index >= 15 is 0 Å². The fourth-order valence-electron chi connectivity index (χ4n) is 1.63. The largest absolute Gasteiger partial charge is 0.477 e. The summed E-state index contributed by atoms with van der Waals surface area (Å²) in [6.45, 7) is 1.79. The van der Waals surface area contributed by atoms with Crippen LogP contribution >= 0.6 is 23.2 Å². The lowest BCUT2D eigenvalue weighted by Gasteiger charge is -2.09. The Kier molecular flexibility index (Phi) is 4.45. The van der Waals surface area contributed by atoms with Crippen molar-refractivity contribution in [2.45, 2.75) is 6.92 Å². The molecule has 0 unspecified atom stereocenters. The molecule has 0 spiro atoms. The molecule has 7 heteroatoms. The first-order chi connectivity index (χ1) is 9.88. The second kappa shape index (κ2) is 6.11. The van der Waals surface area contributed by atoms with Crippen molar-refractivity contribution in [2.24, 2.45) is 0 Å². The van der Waals surface area contributed by atoms with Gasteiger partial charge >= 0.3 is 5.97 Å². The third-order valence-corrected chi connectivity index (χ3v) is 3.46. The van der Waals surface area contributed by atoms with Gasteiger partial charge in [0.2, 0.25) is 0 Å². The molecule has 0 fully saturated rings. The number of aromatic carboxylic acids is 1. The number of anilines is 1. The summed E-state index contributed by atoms with van der Waals surface area (Å²) in [5.41, 5.74) is 1.09. The van der Waals surface area contributed by atoms with Crippen molar-refractivity contribution in [3.8, 4) is 0 Å². The zero-order valence-electron chi connectivity index (χ0n) is 10.9. The van der Waals surface area contributed by atoms with E-state index in [1.165, 1.54) is 24.4 Å². The first-order valence-electron chi connectivity index (χ1n) is 5.85. The minimum atomic E-state index is -1.21. The van der Waals surface area contributed by atoms with Crippen LogP contribution in [0.2, 0.25) is 10.0 Å². The number of nitrogens with one attached hydrogen (secondary N) is 1. The van der Waals surface area contributed by atoms with Crippen LogP contribution in [0.5, 0.6) is 0 Å². The van der Waals surface area contributed by atoms with Gasteiger partial charge in [-0.3, -0.25) is 4.79 Å². The van der Waals surface area contributed by atoms with Crippen molar-refractivity contribution < 1.29 is 14.7 Å². The maximum atomic E-state index is 12.1. The van der Waals surface area contributed by atoms with Crippen LogP contribution in [-0.2, 0) is 0 Å². The molecular formula is C14H10Cl2N2O3. The van der Waals surface area contributed by atoms with E-state index in [2.05, 4.69) is 10.3 Å². The van der Waals surface area contributed by atoms with E-state index in [4.69, 9.17) is 28.3 Å². The summed E-state index contributed by atoms with van der Waals surface area (Å²) in [5.74, 6) is -1.71. The Hall–Kier alpha value is -2.11. The summed E-state index contributed by atoms with van der Waals surface area (Å²) < 4.78 is 0. The molecule has 108 valence electrons. The predicted octanol–water partition coefficient (Wildman–Crippen LogP) is 3.65. The lowest BCUT2D eigenvalue weighted by molar-refractivity contribution is 0.0690. The highest BCUT2D eigenvalue weighted by Crippen LogP contribution is 2.29. The number of carboxylic acids is 1. The molecule has 2 aromatic rings. The molecule has 2 N–H and O–H groups in total. The Morgan fingerprint density at radius 1 is 1.19 bits per heavy atom. The number of halogens is 2. The van der Waals surface area contributed by atoms with Crippen molar-refractivity contribution in [3.05, 3.63) is 57.3 Å². The number of pyridine rings is 1. The number of amides is 1. The van der Waals surface area contributed by atoms with Crippen molar-refractivity contribution in [2.75, 3.05) is 5.32 Å². The SMILES string of the molecule is Cc1cc(Cl)c(NC(=O)c2ccnc(C(=O)O)c2)cc1Cl. The van der Waals surface area contributed by atoms with Crippen LogP contribution in [0, 0.1) is 6.92 Å². The molecule has 1 aromatic heterocycles. The molecule has 0 aliphatic rings. The molecule has 1 amide bonds. The molecule has 0 saturated carbocycles. The van der Waals surface area contributed by atoms with Gasteiger partial charge in [0.15, 0.2) is 0 Å². The molecule has 2 rings (SSSR count). The molecule has 0 atom stereocenters.